The normalized spacial score (nSPS) is 13.9. The molecular weight excluding hydrogens is 316 g/mol. The third-order valence-corrected chi connectivity index (χ3v) is 4.43. The molecule has 4 nitrogen and oxygen atoms in total. The molecule has 0 bridgehead atoms. The molecule has 1 rings (SSSR count). The number of esters is 1. The van der Waals surface area contributed by atoms with Crippen molar-refractivity contribution in [2.24, 2.45) is 11.8 Å². The van der Waals surface area contributed by atoms with Gasteiger partial charge in [-0.3, -0.25) is 0 Å². The molecule has 0 amide bonds. The molecule has 1 aromatic carbocycles. The van der Waals surface area contributed by atoms with Crippen LogP contribution in [0.25, 0.3) is 5.57 Å². The van der Waals surface area contributed by atoms with Gasteiger partial charge in [0.05, 0.1) is 27.1 Å². The Balaban J connectivity index is 2.70. The Labute approximate surface area is 152 Å². The topological polar surface area (TPSA) is 44.8 Å². The third kappa shape index (κ3) is 7.20. The number of rotatable bonds is 11. The molecule has 0 radical (unpaired) electrons. The second-order valence-corrected chi connectivity index (χ2v) is 6.62. The third-order valence-electron chi connectivity index (χ3n) is 4.43. The minimum Gasteiger partial charge on any atom is -0.503 e. The highest BCUT2D eigenvalue weighted by atomic mass is 16.5. The molecule has 0 saturated heterocycles. The number of hydrogen-bond acceptors (Lipinski definition) is 4. The van der Waals surface area contributed by atoms with Crippen LogP contribution in [0.4, 0.5) is 0 Å². The van der Waals surface area contributed by atoms with Crippen molar-refractivity contribution >= 4 is 11.5 Å². The predicted molar refractivity (Wildman–Crippen MR) is 101 cm³/mol. The van der Waals surface area contributed by atoms with Crippen LogP contribution in [0.15, 0.2) is 30.5 Å². The van der Waals surface area contributed by atoms with E-state index in [1.807, 2.05) is 24.3 Å². The van der Waals surface area contributed by atoms with Gasteiger partial charge in [0.25, 0.3) is 0 Å². The first-order chi connectivity index (χ1) is 12.0. The zero-order chi connectivity index (χ0) is 18.7. The fourth-order valence-corrected chi connectivity index (χ4v) is 2.60. The van der Waals surface area contributed by atoms with Gasteiger partial charge in [0.1, 0.15) is 11.3 Å². The van der Waals surface area contributed by atoms with Crippen molar-refractivity contribution in [1.82, 2.24) is 0 Å². The highest BCUT2D eigenvalue weighted by Crippen LogP contribution is 2.28. The van der Waals surface area contributed by atoms with Crippen molar-refractivity contribution < 1.29 is 19.0 Å². The number of carbonyl (C=O) groups is 1. The number of ether oxygens (including phenoxy) is 3. The lowest BCUT2D eigenvalue weighted by Crippen LogP contribution is -2.11. The fraction of sp³-hybridized carbons (Fsp3) is 0.571. The Morgan fingerprint density at radius 1 is 1.12 bits per heavy atom. The first-order valence-corrected chi connectivity index (χ1v) is 9.06. The van der Waals surface area contributed by atoms with E-state index in [0.29, 0.717) is 29.4 Å². The van der Waals surface area contributed by atoms with Gasteiger partial charge in [-0.05, 0) is 24.3 Å². The summed E-state index contributed by atoms with van der Waals surface area (Å²) in [6, 6.07) is 7.47. The molecule has 0 spiro atoms. The van der Waals surface area contributed by atoms with E-state index < -0.39 is 5.97 Å². The maximum Gasteiger partial charge on any atom is 0.341 e. The van der Waals surface area contributed by atoms with Crippen LogP contribution in [0.3, 0.4) is 0 Å². The van der Waals surface area contributed by atoms with Gasteiger partial charge in [0, 0.05) is 5.56 Å². The van der Waals surface area contributed by atoms with Gasteiger partial charge in [-0.2, -0.15) is 0 Å². The summed E-state index contributed by atoms with van der Waals surface area (Å²) in [6.45, 7) is 7.36. The van der Waals surface area contributed by atoms with E-state index in [0.717, 1.165) is 12.3 Å². The van der Waals surface area contributed by atoms with Crippen molar-refractivity contribution in [2.75, 3.05) is 20.8 Å². The van der Waals surface area contributed by atoms with Gasteiger partial charge in [0.2, 0.25) is 0 Å². The van der Waals surface area contributed by atoms with Crippen LogP contribution in [-0.4, -0.2) is 26.8 Å². The maximum absolute atomic E-state index is 12.0. The summed E-state index contributed by atoms with van der Waals surface area (Å²) >= 11 is 0. The summed E-state index contributed by atoms with van der Waals surface area (Å²) in [6.07, 6.45) is 6.26. The first kappa shape index (κ1) is 21.1. The summed E-state index contributed by atoms with van der Waals surface area (Å²) in [4.78, 5) is 12.0. The second kappa shape index (κ2) is 11.6. The van der Waals surface area contributed by atoms with Crippen molar-refractivity contribution in [2.45, 2.75) is 46.5 Å². The number of methoxy groups -OCH3 is 2. The molecule has 140 valence electrons. The van der Waals surface area contributed by atoms with Gasteiger partial charge in [0.15, 0.2) is 0 Å². The quantitative estimate of drug-likeness (QED) is 0.318. The summed E-state index contributed by atoms with van der Waals surface area (Å²) in [7, 11) is 2.86. The molecule has 0 fully saturated rings. The summed E-state index contributed by atoms with van der Waals surface area (Å²) in [5.41, 5.74) is 1.04. The SMILES string of the molecule is CCC(C)CCCC(C)COc1ccccc1/C(=C/OC)C(=O)OC. The average molecular weight is 348 g/mol. The summed E-state index contributed by atoms with van der Waals surface area (Å²) < 4.78 is 15.9. The minimum absolute atomic E-state index is 0.352. The van der Waals surface area contributed by atoms with Crippen LogP contribution in [0.5, 0.6) is 5.75 Å². The van der Waals surface area contributed by atoms with E-state index in [1.54, 1.807) is 0 Å². The monoisotopic (exact) mass is 348 g/mol. The van der Waals surface area contributed by atoms with Gasteiger partial charge >= 0.3 is 5.97 Å². The molecule has 0 heterocycles. The fourth-order valence-electron chi connectivity index (χ4n) is 2.60. The lowest BCUT2D eigenvalue weighted by Gasteiger charge is -2.17. The first-order valence-electron chi connectivity index (χ1n) is 9.06. The number of hydrogen-bond donors (Lipinski definition) is 0. The molecule has 1 aromatic rings. The van der Waals surface area contributed by atoms with Gasteiger partial charge in [-0.25, -0.2) is 4.79 Å². The minimum atomic E-state index is -0.445. The van der Waals surface area contributed by atoms with Crippen LogP contribution in [0.1, 0.15) is 52.0 Å². The maximum atomic E-state index is 12.0. The van der Waals surface area contributed by atoms with E-state index in [1.165, 1.54) is 39.7 Å². The molecule has 2 atom stereocenters. The van der Waals surface area contributed by atoms with Gasteiger partial charge in [-0.1, -0.05) is 58.2 Å². The molecule has 0 saturated carbocycles. The standard InChI is InChI=1S/C21H32O4/c1-6-16(2)10-9-11-17(3)14-25-20-13-8-7-12-18(20)19(15-23-4)21(22)24-5/h7-8,12-13,15-17H,6,9-11,14H2,1-5H3/b19-15-. The van der Waals surface area contributed by atoms with E-state index >= 15 is 0 Å². The number of para-hydroxylation sites is 1. The van der Waals surface area contributed by atoms with Crippen LogP contribution < -0.4 is 4.74 Å². The lowest BCUT2D eigenvalue weighted by molar-refractivity contribution is -0.133. The van der Waals surface area contributed by atoms with Crippen molar-refractivity contribution in [3.63, 3.8) is 0 Å². The van der Waals surface area contributed by atoms with Crippen LogP contribution in [0.2, 0.25) is 0 Å². The van der Waals surface area contributed by atoms with Crippen LogP contribution in [-0.2, 0) is 14.3 Å². The summed E-state index contributed by atoms with van der Waals surface area (Å²) in [5, 5.41) is 0. The largest absolute Gasteiger partial charge is 0.503 e. The van der Waals surface area contributed by atoms with E-state index in [4.69, 9.17) is 14.2 Å². The van der Waals surface area contributed by atoms with Gasteiger partial charge in [-0.15, -0.1) is 0 Å². The Kier molecular flexibility index (Phi) is 9.75. The van der Waals surface area contributed by atoms with Crippen molar-refractivity contribution in [3.05, 3.63) is 36.1 Å². The summed E-state index contributed by atoms with van der Waals surface area (Å²) in [5.74, 6) is 1.48. The molecule has 0 aliphatic heterocycles. The number of benzene rings is 1. The van der Waals surface area contributed by atoms with Gasteiger partial charge < -0.3 is 14.2 Å². The lowest BCUT2D eigenvalue weighted by atomic mass is 9.97. The van der Waals surface area contributed by atoms with Crippen LogP contribution in [0, 0.1) is 11.8 Å². The van der Waals surface area contributed by atoms with E-state index in [9.17, 15) is 4.79 Å². The van der Waals surface area contributed by atoms with E-state index in [-0.39, 0.29) is 0 Å². The predicted octanol–water partition coefficient (Wildman–Crippen LogP) is 5.08. The molecule has 2 unspecified atom stereocenters. The Morgan fingerprint density at radius 3 is 2.44 bits per heavy atom. The average Bonchev–Trinajstić information content (AvgIpc) is 2.64. The Hall–Kier alpha value is -1.97. The molecule has 0 N–H and O–H groups in total. The Morgan fingerprint density at radius 2 is 1.80 bits per heavy atom. The van der Waals surface area contributed by atoms with Crippen LogP contribution >= 0.6 is 0 Å². The van der Waals surface area contributed by atoms with Crippen molar-refractivity contribution in [1.29, 1.82) is 0 Å². The molecule has 4 heteroatoms. The second-order valence-electron chi connectivity index (χ2n) is 6.62. The van der Waals surface area contributed by atoms with E-state index in [2.05, 4.69) is 20.8 Å². The van der Waals surface area contributed by atoms with Crippen molar-refractivity contribution in [3.8, 4) is 5.75 Å². The highest BCUT2D eigenvalue weighted by molar-refractivity contribution is 6.16. The molecular formula is C21H32O4. The number of carbonyl (C=O) groups excluding carboxylic acids is 1. The molecule has 0 aliphatic rings. The molecule has 25 heavy (non-hydrogen) atoms. The Bertz CT molecular complexity index is 551. The zero-order valence-electron chi connectivity index (χ0n) is 16.2. The smallest absolute Gasteiger partial charge is 0.341 e. The molecule has 0 aromatic heterocycles. The zero-order valence-corrected chi connectivity index (χ0v) is 16.2. The molecule has 0 aliphatic carbocycles. The highest BCUT2D eigenvalue weighted by Gasteiger charge is 2.18.